The monoisotopic (exact) mass is 287 g/mol. The Labute approximate surface area is 122 Å². The molecule has 2 aromatic rings. The van der Waals surface area contributed by atoms with E-state index in [2.05, 4.69) is 0 Å². The fourth-order valence-corrected chi connectivity index (χ4v) is 2.04. The van der Waals surface area contributed by atoms with Crippen LogP contribution in [0.25, 0.3) is 0 Å². The molecular weight excluding hydrogens is 270 g/mol. The second kappa shape index (κ2) is 6.76. The summed E-state index contributed by atoms with van der Waals surface area (Å²) in [5.41, 5.74) is 7.53. The normalized spacial score (nSPS) is 10.3. The summed E-state index contributed by atoms with van der Waals surface area (Å²) in [6.07, 6.45) is 0.596. The van der Waals surface area contributed by atoms with Crippen LogP contribution in [-0.2, 0) is 13.0 Å². The third-order valence-corrected chi connectivity index (χ3v) is 3.12. The van der Waals surface area contributed by atoms with Crippen LogP contribution in [0.1, 0.15) is 21.5 Å². The third kappa shape index (κ3) is 3.73. The van der Waals surface area contributed by atoms with Crippen molar-refractivity contribution >= 4 is 11.7 Å². The van der Waals surface area contributed by atoms with Crippen LogP contribution in [0.5, 0.6) is 5.75 Å². The summed E-state index contributed by atoms with van der Waals surface area (Å²) in [5.74, 6) is -0.430. The van der Waals surface area contributed by atoms with E-state index in [-0.39, 0.29) is 24.5 Å². The fraction of sp³-hybridized carbons (Fsp3) is 0.188. The predicted molar refractivity (Wildman–Crippen MR) is 79.4 cm³/mol. The van der Waals surface area contributed by atoms with E-state index >= 15 is 0 Å². The Bertz CT molecular complexity index is 623. The number of aliphatic hydroxyl groups excluding tert-OH is 1. The number of rotatable bonds is 6. The summed E-state index contributed by atoms with van der Waals surface area (Å²) in [4.78, 5) is 11.2. The van der Waals surface area contributed by atoms with Crippen LogP contribution in [-0.4, -0.2) is 22.8 Å². The highest BCUT2D eigenvalue weighted by Crippen LogP contribution is 2.20. The minimum Gasteiger partial charge on any atom is -0.489 e. The van der Waals surface area contributed by atoms with Gasteiger partial charge in [0.15, 0.2) is 0 Å². The lowest BCUT2D eigenvalue weighted by molar-refractivity contribution is 0.0695. The molecule has 0 aliphatic heterocycles. The van der Waals surface area contributed by atoms with Gasteiger partial charge in [0.2, 0.25) is 0 Å². The van der Waals surface area contributed by atoms with E-state index in [4.69, 9.17) is 15.6 Å². The van der Waals surface area contributed by atoms with Gasteiger partial charge in [-0.2, -0.15) is 0 Å². The molecule has 0 amide bonds. The standard InChI is InChI=1S/C16H17NO4/c17-14-3-1-2-12(15(14)16(19)20)10-21-13-6-4-11(5-7-13)8-9-18/h1-7,18H,8-10,17H2,(H,19,20). The van der Waals surface area contributed by atoms with E-state index in [1.807, 2.05) is 12.1 Å². The number of ether oxygens (including phenoxy) is 1. The molecule has 0 saturated heterocycles. The first-order chi connectivity index (χ1) is 10.1. The Morgan fingerprint density at radius 2 is 1.86 bits per heavy atom. The number of benzene rings is 2. The van der Waals surface area contributed by atoms with Crippen LogP contribution in [0.3, 0.4) is 0 Å². The summed E-state index contributed by atoms with van der Waals surface area (Å²) in [6, 6.07) is 12.2. The Morgan fingerprint density at radius 3 is 2.48 bits per heavy atom. The molecule has 0 aliphatic rings. The summed E-state index contributed by atoms with van der Waals surface area (Å²) >= 11 is 0. The molecule has 4 N–H and O–H groups in total. The lowest BCUT2D eigenvalue weighted by Crippen LogP contribution is -2.09. The zero-order chi connectivity index (χ0) is 15.2. The molecule has 0 heterocycles. The molecule has 0 fully saturated rings. The van der Waals surface area contributed by atoms with Gasteiger partial charge in [0.1, 0.15) is 12.4 Å². The van der Waals surface area contributed by atoms with Crippen LogP contribution in [0.4, 0.5) is 5.69 Å². The molecule has 5 heteroatoms. The van der Waals surface area contributed by atoms with Crippen LogP contribution < -0.4 is 10.5 Å². The molecular formula is C16H17NO4. The smallest absolute Gasteiger partial charge is 0.338 e. The summed E-state index contributed by atoms with van der Waals surface area (Å²) < 4.78 is 5.59. The summed E-state index contributed by atoms with van der Waals surface area (Å²) in [5, 5.41) is 18.0. The van der Waals surface area contributed by atoms with Crippen LogP contribution in [0.2, 0.25) is 0 Å². The van der Waals surface area contributed by atoms with E-state index in [0.717, 1.165) is 5.56 Å². The maximum absolute atomic E-state index is 11.2. The highest BCUT2D eigenvalue weighted by molar-refractivity contribution is 5.95. The highest BCUT2D eigenvalue weighted by Gasteiger charge is 2.13. The lowest BCUT2D eigenvalue weighted by Gasteiger charge is -2.11. The first-order valence-electron chi connectivity index (χ1n) is 6.55. The first-order valence-corrected chi connectivity index (χ1v) is 6.55. The molecule has 0 unspecified atom stereocenters. The minimum absolute atomic E-state index is 0.0781. The van der Waals surface area contributed by atoms with Crippen molar-refractivity contribution in [1.29, 1.82) is 0 Å². The van der Waals surface area contributed by atoms with Crippen molar-refractivity contribution in [2.75, 3.05) is 12.3 Å². The average molecular weight is 287 g/mol. The van der Waals surface area contributed by atoms with Crippen molar-refractivity contribution in [3.8, 4) is 5.75 Å². The SMILES string of the molecule is Nc1cccc(COc2ccc(CCO)cc2)c1C(=O)O. The van der Waals surface area contributed by atoms with Crippen molar-refractivity contribution in [1.82, 2.24) is 0 Å². The maximum atomic E-state index is 11.2. The van der Waals surface area contributed by atoms with Gasteiger partial charge in [-0.3, -0.25) is 0 Å². The largest absolute Gasteiger partial charge is 0.489 e. The van der Waals surface area contributed by atoms with Crippen LogP contribution in [0, 0.1) is 0 Å². The number of nitrogen functional groups attached to an aromatic ring is 1. The molecule has 0 bridgehead atoms. The number of hydrogen-bond donors (Lipinski definition) is 3. The molecule has 2 rings (SSSR count). The molecule has 5 nitrogen and oxygen atoms in total. The number of carboxylic acid groups (broad SMARTS) is 1. The first kappa shape index (κ1) is 14.9. The van der Waals surface area contributed by atoms with Gasteiger partial charge in [0.05, 0.1) is 5.56 Å². The summed E-state index contributed by atoms with van der Waals surface area (Å²) in [6.45, 7) is 0.234. The Morgan fingerprint density at radius 1 is 1.14 bits per heavy atom. The van der Waals surface area contributed by atoms with Gasteiger partial charge in [-0.25, -0.2) is 4.79 Å². The van der Waals surface area contributed by atoms with Crippen molar-refractivity contribution in [3.63, 3.8) is 0 Å². The number of carbonyl (C=O) groups is 1. The van der Waals surface area contributed by atoms with Gasteiger partial charge in [0.25, 0.3) is 0 Å². The van der Waals surface area contributed by atoms with Crippen molar-refractivity contribution in [2.45, 2.75) is 13.0 Å². The number of aliphatic hydroxyl groups is 1. The number of aromatic carboxylic acids is 1. The van der Waals surface area contributed by atoms with Gasteiger partial charge in [0, 0.05) is 17.9 Å². The Hall–Kier alpha value is -2.53. The van der Waals surface area contributed by atoms with E-state index in [0.29, 0.717) is 17.7 Å². The quantitative estimate of drug-likeness (QED) is 0.707. The van der Waals surface area contributed by atoms with Crippen LogP contribution in [0.15, 0.2) is 42.5 Å². The molecule has 110 valence electrons. The minimum atomic E-state index is -1.06. The molecule has 21 heavy (non-hydrogen) atoms. The molecule has 0 aliphatic carbocycles. The number of anilines is 1. The van der Waals surface area contributed by atoms with Crippen molar-refractivity contribution in [2.24, 2.45) is 0 Å². The van der Waals surface area contributed by atoms with E-state index in [1.54, 1.807) is 30.3 Å². The Kier molecular flexibility index (Phi) is 4.79. The summed E-state index contributed by atoms with van der Waals surface area (Å²) in [7, 11) is 0. The van der Waals surface area contributed by atoms with E-state index in [9.17, 15) is 9.90 Å². The second-order valence-corrected chi connectivity index (χ2v) is 4.59. The Balaban J connectivity index is 2.09. The van der Waals surface area contributed by atoms with Crippen molar-refractivity contribution in [3.05, 3.63) is 59.2 Å². The van der Waals surface area contributed by atoms with E-state index < -0.39 is 5.97 Å². The topological polar surface area (TPSA) is 92.8 Å². The molecule has 0 saturated carbocycles. The molecule has 0 atom stereocenters. The maximum Gasteiger partial charge on any atom is 0.338 e. The van der Waals surface area contributed by atoms with Gasteiger partial charge in [-0.1, -0.05) is 24.3 Å². The molecule has 0 spiro atoms. The number of hydrogen-bond acceptors (Lipinski definition) is 4. The molecule has 0 radical (unpaired) electrons. The fourth-order valence-electron chi connectivity index (χ4n) is 2.04. The average Bonchev–Trinajstić information content (AvgIpc) is 2.46. The van der Waals surface area contributed by atoms with Gasteiger partial charge < -0.3 is 20.7 Å². The van der Waals surface area contributed by atoms with Gasteiger partial charge in [-0.05, 0) is 30.2 Å². The van der Waals surface area contributed by atoms with Crippen LogP contribution >= 0.6 is 0 Å². The van der Waals surface area contributed by atoms with Gasteiger partial charge in [-0.15, -0.1) is 0 Å². The van der Waals surface area contributed by atoms with E-state index in [1.165, 1.54) is 0 Å². The highest BCUT2D eigenvalue weighted by atomic mass is 16.5. The molecule has 2 aromatic carbocycles. The second-order valence-electron chi connectivity index (χ2n) is 4.59. The van der Waals surface area contributed by atoms with Crippen molar-refractivity contribution < 1.29 is 19.7 Å². The molecule has 0 aromatic heterocycles. The zero-order valence-electron chi connectivity index (χ0n) is 11.5. The number of nitrogens with two attached hydrogens (primary N) is 1. The lowest BCUT2D eigenvalue weighted by atomic mass is 10.1. The number of carboxylic acids is 1. The van der Waals surface area contributed by atoms with Gasteiger partial charge >= 0.3 is 5.97 Å². The zero-order valence-corrected chi connectivity index (χ0v) is 11.5. The third-order valence-electron chi connectivity index (χ3n) is 3.12. The predicted octanol–water partition coefficient (Wildman–Crippen LogP) is 2.08.